The minimum absolute atomic E-state index is 0.0848. The highest BCUT2D eigenvalue weighted by atomic mass is 32.2. The second kappa shape index (κ2) is 10.2. The number of nitrogens with zero attached hydrogens (tertiary/aromatic N) is 2. The molecule has 0 saturated carbocycles. The third-order valence-electron chi connectivity index (χ3n) is 5.90. The fourth-order valence-corrected chi connectivity index (χ4v) is 4.89. The molecule has 0 unspecified atom stereocenters. The third kappa shape index (κ3) is 4.97. The molecule has 0 radical (unpaired) electrons. The minimum Gasteiger partial charge on any atom is -0.372 e. The van der Waals surface area contributed by atoms with Crippen molar-refractivity contribution in [2.45, 2.75) is 32.6 Å². The lowest BCUT2D eigenvalue weighted by atomic mass is 9.94. The first-order chi connectivity index (χ1) is 15.3. The summed E-state index contributed by atoms with van der Waals surface area (Å²) in [7, 11) is -4.40. The maximum absolute atomic E-state index is 12.2. The molecule has 5 nitrogen and oxygen atoms in total. The zero-order valence-electron chi connectivity index (χ0n) is 19.2. The molecule has 0 fully saturated rings. The van der Waals surface area contributed by atoms with Gasteiger partial charge in [-0.05, 0) is 74.7 Å². The van der Waals surface area contributed by atoms with Gasteiger partial charge in [0.15, 0.2) is 0 Å². The standard InChI is InChI=1S/C26H32N2O3S/c1-5-27(6-2)22-16-12-20(13-17-22)24-10-9-11-25(32(29,30)31)26(24)21-14-18-23(19-15-21)28(7-3)8-4/h9-19H,5-8H2,1-4H3,(H,29,30,31). The maximum atomic E-state index is 12.2. The largest absolute Gasteiger partial charge is 0.372 e. The Balaban J connectivity index is 2.15. The van der Waals surface area contributed by atoms with Crippen LogP contribution in [0.3, 0.4) is 0 Å². The average Bonchev–Trinajstić information content (AvgIpc) is 2.80. The lowest BCUT2D eigenvalue weighted by Gasteiger charge is -2.22. The number of hydrogen-bond donors (Lipinski definition) is 1. The Hall–Kier alpha value is -2.83. The Kier molecular flexibility index (Phi) is 7.59. The van der Waals surface area contributed by atoms with Gasteiger partial charge >= 0.3 is 0 Å². The van der Waals surface area contributed by atoms with E-state index in [1.165, 1.54) is 6.07 Å². The molecule has 0 aliphatic heterocycles. The Labute approximate surface area is 192 Å². The van der Waals surface area contributed by atoms with Crippen molar-refractivity contribution in [2.24, 2.45) is 0 Å². The Morgan fingerprint density at radius 3 is 1.50 bits per heavy atom. The van der Waals surface area contributed by atoms with Crippen LogP contribution in [0, 0.1) is 0 Å². The Morgan fingerprint density at radius 2 is 1.09 bits per heavy atom. The van der Waals surface area contributed by atoms with Crippen LogP contribution >= 0.6 is 0 Å². The van der Waals surface area contributed by atoms with E-state index in [1.807, 2.05) is 42.5 Å². The van der Waals surface area contributed by atoms with Crippen LogP contribution in [0.4, 0.5) is 11.4 Å². The van der Waals surface area contributed by atoms with E-state index in [-0.39, 0.29) is 4.90 Å². The van der Waals surface area contributed by atoms with E-state index in [0.717, 1.165) is 54.2 Å². The first-order valence-corrected chi connectivity index (χ1v) is 12.6. The number of anilines is 2. The molecule has 3 aromatic rings. The third-order valence-corrected chi connectivity index (χ3v) is 6.79. The molecule has 0 saturated heterocycles. The molecule has 0 spiro atoms. The van der Waals surface area contributed by atoms with E-state index in [9.17, 15) is 13.0 Å². The van der Waals surface area contributed by atoms with Gasteiger partial charge in [-0.25, -0.2) is 0 Å². The van der Waals surface area contributed by atoms with Crippen LogP contribution in [0.25, 0.3) is 22.3 Å². The molecule has 0 aromatic heterocycles. The molecule has 0 atom stereocenters. The summed E-state index contributed by atoms with van der Waals surface area (Å²) in [5.41, 5.74) is 5.12. The van der Waals surface area contributed by atoms with Crippen LogP contribution in [-0.2, 0) is 10.1 Å². The van der Waals surface area contributed by atoms with Gasteiger partial charge in [0.1, 0.15) is 4.90 Å². The van der Waals surface area contributed by atoms with Crippen molar-refractivity contribution in [3.05, 3.63) is 66.7 Å². The second-order valence-electron chi connectivity index (χ2n) is 7.59. The number of hydrogen-bond acceptors (Lipinski definition) is 4. The SMILES string of the molecule is CCN(CC)c1ccc(-c2cccc(S(=O)(=O)O)c2-c2ccc(N(CC)CC)cc2)cc1. The van der Waals surface area contributed by atoms with Crippen LogP contribution in [0.15, 0.2) is 71.6 Å². The van der Waals surface area contributed by atoms with Crippen molar-refractivity contribution in [2.75, 3.05) is 36.0 Å². The van der Waals surface area contributed by atoms with Crippen molar-refractivity contribution < 1.29 is 13.0 Å². The lowest BCUT2D eigenvalue weighted by molar-refractivity contribution is 0.483. The first kappa shape index (κ1) is 23.8. The van der Waals surface area contributed by atoms with Gasteiger partial charge in [0.05, 0.1) is 0 Å². The summed E-state index contributed by atoms with van der Waals surface area (Å²) in [6, 6.07) is 21.0. The molecular formula is C26H32N2O3S. The molecular weight excluding hydrogens is 420 g/mol. The number of rotatable bonds is 9. The predicted octanol–water partition coefficient (Wildman–Crippen LogP) is 5.96. The molecule has 6 heteroatoms. The molecule has 32 heavy (non-hydrogen) atoms. The Morgan fingerprint density at radius 1 is 0.656 bits per heavy atom. The van der Waals surface area contributed by atoms with E-state index in [1.54, 1.807) is 6.07 Å². The average molecular weight is 453 g/mol. The summed E-state index contributed by atoms with van der Waals surface area (Å²) in [6.45, 7) is 12.1. The van der Waals surface area contributed by atoms with Crippen molar-refractivity contribution in [3.8, 4) is 22.3 Å². The van der Waals surface area contributed by atoms with Gasteiger partial charge in [-0.2, -0.15) is 8.42 Å². The van der Waals surface area contributed by atoms with Crippen LogP contribution in [-0.4, -0.2) is 39.1 Å². The number of benzene rings is 3. The molecule has 3 aromatic carbocycles. The fourth-order valence-electron chi connectivity index (χ4n) is 4.15. The monoisotopic (exact) mass is 452 g/mol. The summed E-state index contributed by atoms with van der Waals surface area (Å²) in [4.78, 5) is 4.40. The highest BCUT2D eigenvalue weighted by molar-refractivity contribution is 7.86. The first-order valence-electron chi connectivity index (χ1n) is 11.1. The van der Waals surface area contributed by atoms with Crippen LogP contribution in [0.2, 0.25) is 0 Å². The molecule has 0 bridgehead atoms. The smallest absolute Gasteiger partial charge is 0.295 e. The lowest BCUT2D eigenvalue weighted by Crippen LogP contribution is -2.21. The second-order valence-corrected chi connectivity index (χ2v) is 8.98. The van der Waals surface area contributed by atoms with Crippen molar-refractivity contribution in [1.29, 1.82) is 0 Å². The van der Waals surface area contributed by atoms with Gasteiger partial charge in [-0.3, -0.25) is 4.55 Å². The topological polar surface area (TPSA) is 60.9 Å². The summed E-state index contributed by atoms with van der Waals surface area (Å²) in [5, 5.41) is 0. The minimum atomic E-state index is -4.40. The van der Waals surface area contributed by atoms with Gasteiger partial charge in [0, 0.05) is 43.1 Å². The summed E-state index contributed by atoms with van der Waals surface area (Å²) >= 11 is 0. The summed E-state index contributed by atoms with van der Waals surface area (Å²) in [5.74, 6) is 0. The molecule has 170 valence electrons. The molecule has 3 rings (SSSR count). The van der Waals surface area contributed by atoms with E-state index in [0.29, 0.717) is 5.56 Å². The van der Waals surface area contributed by atoms with Crippen LogP contribution in [0.1, 0.15) is 27.7 Å². The fraction of sp³-hybridized carbons (Fsp3) is 0.308. The Bertz CT molecular complexity index is 1130. The summed E-state index contributed by atoms with van der Waals surface area (Å²) < 4.78 is 34.4. The molecule has 0 aliphatic carbocycles. The molecule has 1 N–H and O–H groups in total. The van der Waals surface area contributed by atoms with E-state index in [4.69, 9.17) is 0 Å². The highest BCUT2D eigenvalue weighted by Gasteiger charge is 2.21. The van der Waals surface area contributed by atoms with Crippen molar-refractivity contribution in [1.82, 2.24) is 0 Å². The highest BCUT2D eigenvalue weighted by Crippen LogP contribution is 2.38. The van der Waals surface area contributed by atoms with E-state index < -0.39 is 10.1 Å². The molecule has 0 amide bonds. The zero-order valence-corrected chi connectivity index (χ0v) is 20.1. The van der Waals surface area contributed by atoms with Crippen molar-refractivity contribution in [3.63, 3.8) is 0 Å². The molecule has 0 aliphatic rings. The summed E-state index contributed by atoms with van der Waals surface area (Å²) in [6.07, 6.45) is 0. The van der Waals surface area contributed by atoms with Gasteiger partial charge in [-0.1, -0.05) is 36.4 Å². The van der Waals surface area contributed by atoms with Crippen LogP contribution in [0.5, 0.6) is 0 Å². The van der Waals surface area contributed by atoms with Crippen molar-refractivity contribution >= 4 is 21.5 Å². The maximum Gasteiger partial charge on any atom is 0.295 e. The predicted molar refractivity (Wildman–Crippen MR) is 134 cm³/mol. The van der Waals surface area contributed by atoms with E-state index >= 15 is 0 Å². The zero-order chi connectivity index (χ0) is 23.3. The van der Waals surface area contributed by atoms with Gasteiger partial charge < -0.3 is 9.80 Å². The van der Waals surface area contributed by atoms with Crippen LogP contribution < -0.4 is 9.80 Å². The normalized spacial score (nSPS) is 11.4. The van der Waals surface area contributed by atoms with Gasteiger partial charge in [-0.15, -0.1) is 0 Å². The van der Waals surface area contributed by atoms with Gasteiger partial charge in [0.2, 0.25) is 0 Å². The van der Waals surface area contributed by atoms with Gasteiger partial charge in [0.25, 0.3) is 10.1 Å². The van der Waals surface area contributed by atoms with E-state index in [2.05, 4.69) is 49.6 Å². The molecule has 0 heterocycles. The quantitative estimate of drug-likeness (QED) is 0.406.